The van der Waals surface area contributed by atoms with Gasteiger partial charge in [-0.05, 0) is 39.6 Å². The van der Waals surface area contributed by atoms with Crippen molar-refractivity contribution >= 4 is 39.1 Å². The minimum absolute atomic E-state index is 0.316. The number of halogens is 1. The number of esters is 1. The number of hydrogen-bond donors (Lipinski definition) is 1. The van der Waals surface area contributed by atoms with E-state index in [1.54, 1.807) is 18.2 Å². The van der Waals surface area contributed by atoms with E-state index in [-0.39, 0.29) is 0 Å². The molecule has 16 heavy (non-hydrogen) atoms. The predicted molar refractivity (Wildman–Crippen MR) is 65.6 cm³/mol. The molecule has 1 aromatic carbocycles. The fourth-order valence-electron chi connectivity index (χ4n) is 1.08. The highest BCUT2D eigenvalue weighted by atomic mass is 79.9. The summed E-state index contributed by atoms with van der Waals surface area (Å²) in [5, 5.41) is 0. The SMILES string of the molecule is Nc1cnsc1C(=O)Oc1ccccc1Br. The molecule has 0 amide bonds. The van der Waals surface area contributed by atoms with Crippen molar-refractivity contribution in [3.05, 3.63) is 39.8 Å². The molecular formula is C10H7BrN2O2S. The van der Waals surface area contributed by atoms with Gasteiger partial charge in [-0.3, -0.25) is 0 Å². The van der Waals surface area contributed by atoms with E-state index in [2.05, 4.69) is 20.3 Å². The molecule has 0 aliphatic heterocycles. The zero-order valence-electron chi connectivity index (χ0n) is 8.01. The largest absolute Gasteiger partial charge is 0.421 e. The van der Waals surface area contributed by atoms with E-state index in [0.717, 1.165) is 11.5 Å². The second kappa shape index (κ2) is 4.63. The smallest absolute Gasteiger partial charge is 0.357 e. The Bertz CT molecular complexity index is 527. The van der Waals surface area contributed by atoms with Gasteiger partial charge in [-0.2, -0.15) is 4.37 Å². The molecule has 0 aliphatic rings. The predicted octanol–water partition coefficient (Wildman–Crippen LogP) is 2.71. The second-order valence-corrected chi connectivity index (χ2v) is 4.59. The number of para-hydroxylation sites is 1. The molecule has 1 heterocycles. The summed E-state index contributed by atoms with van der Waals surface area (Å²) in [4.78, 5) is 12.0. The zero-order valence-corrected chi connectivity index (χ0v) is 10.4. The fourth-order valence-corrected chi connectivity index (χ4v) is 1.99. The number of rotatable bonds is 2. The van der Waals surface area contributed by atoms with Crippen LogP contribution in [0, 0.1) is 0 Å². The third-order valence-electron chi connectivity index (χ3n) is 1.82. The molecule has 0 radical (unpaired) electrons. The minimum Gasteiger partial charge on any atom is -0.421 e. The first kappa shape index (κ1) is 11.1. The molecule has 0 atom stereocenters. The highest BCUT2D eigenvalue weighted by Gasteiger charge is 2.15. The van der Waals surface area contributed by atoms with Crippen LogP contribution in [0.3, 0.4) is 0 Å². The molecule has 2 rings (SSSR count). The van der Waals surface area contributed by atoms with Crippen molar-refractivity contribution in [2.75, 3.05) is 5.73 Å². The van der Waals surface area contributed by atoms with E-state index in [9.17, 15) is 4.79 Å². The standard InChI is InChI=1S/C10H7BrN2O2S/c11-6-3-1-2-4-8(6)15-10(14)9-7(12)5-13-16-9/h1-5H,12H2. The molecule has 0 fully saturated rings. The van der Waals surface area contributed by atoms with Crippen LogP contribution in [0.2, 0.25) is 0 Å². The molecule has 2 aromatic rings. The van der Waals surface area contributed by atoms with Crippen LogP contribution in [0.15, 0.2) is 34.9 Å². The lowest BCUT2D eigenvalue weighted by Crippen LogP contribution is -2.08. The van der Waals surface area contributed by atoms with E-state index in [1.807, 2.05) is 6.07 Å². The van der Waals surface area contributed by atoms with Crippen LogP contribution < -0.4 is 10.5 Å². The van der Waals surface area contributed by atoms with Gasteiger partial charge in [0.25, 0.3) is 0 Å². The fraction of sp³-hybridized carbons (Fsp3) is 0. The maximum absolute atomic E-state index is 11.7. The Morgan fingerprint density at radius 2 is 2.19 bits per heavy atom. The van der Waals surface area contributed by atoms with Crippen LogP contribution >= 0.6 is 27.5 Å². The molecule has 82 valence electrons. The number of anilines is 1. The molecule has 1 aromatic heterocycles. The third kappa shape index (κ3) is 2.23. The molecule has 0 unspecified atom stereocenters. The van der Waals surface area contributed by atoms with E-state index in [1.165, 1.54) is 6.20 Å². The number of ether oxygens (including phenoxy) is 1. The highest BCUT2D eigenvalue weighted by Crippen LogP contribution is 2.26. The molecule has 2 N–H and O–H groups in total. The summed E-state index contributed by atoms with van der Waals surface area (Å²) in [6.45, 7) is 0. The number of nitrogen functional groups attached to an aromatic ring is 1. The summed E-state index contributed by atoms with van der Waals surface area (Å²) >= 11 is 4.30. The first-order valence-corrected chi connectivity index (χ1v) is 5.92. The van der Waals surface area contributed by atoms with Crippen molar-refractivity contribution in [2.24, 2.45) is 0 Å². The summed E-state index contributed by atoms with van der Waals surface area (Å²) in [6, 6.07) is 7.10. The number of nitrogens with zero attached hydrogens (tertiary/aromatic N) is 1. The zero-order chi connectivity index (χ0) is 11.5. The summed E-state index contributed by atoms with van der Waals surface area (Å²) in [6.07, 6.45) is 1.43. The van der Waals surface area contributed by atoms with Crippen molar-refractivity contribution < 1.29 is 9.53 Å². The van der Waals surface area contributed by atoms with Gasteiger partial charge >= 0.3 is 5.97 Å². The Kier molecular flexibility index (Phi) is 3.21. The van der Waals surface area contributed by atoms with E-state index in [0.29, 0.717) is 20.8 Å². The lowest BCUT2D eigenvalue weighted by atomic mass is 10.3. The quantitative estimate of drug-likeness (QED) is 0.684. The van der Waals surface area contributed by atoms with Crippen LogP contribution in [-0.2, 0) is 0 Å². The highest BCUT2D eigenvalue weighted by molar-refractivity contribution is 9.10. The Morgan fingerprint density at radius 1 is 1.44 bits per heavy atom. The molecule has 0 saturated carbocycles. The van der Waals surface area contributed by atoms with Gasteiger partial charge in [0.1, 0.15) is 5.75 Å². The summed E-state index contributed by atoms with van der Waals surface area (Å²) in [5.74, 6) is -0.0350. The Hall–Kier alpha value is -1.40. The average molecular weight is 299 g/mol. The van der Waals surface area contributed by atoms with Crippen molar-refractivity contribution in [3.63, 3.8) is 0 Å². The van der Waals surface area contributed by atoms with E-state index >= 15 is 0 Å². The Balaban J connectivity index is 2.21. The van der Waals surface area contributed by atoms with Crippen LogP contribution in [0.1, 0.15) is 9.67 Å². The van der Waals surface area contributed by atoms with Gasteiger partial charge in [0.15, 0.2) is 4.88 Å². The molecule has 0 bridgehead atoms. The molecule has 0 saturated heterocycles. The topological polar surface area (TPSA) is 65.2 Å². The normalized spacial score (nSPS) is 10.1. The van der Waals surface area contributed by atoms with Gasteiger partial charge in [0, 0.05) is 0 Å². The number of nitrogens with two attached hydrogens (primary N) is 1. The molecule has 0 spiro atoms. The van der Waals surface area contributed by atoms with Crippen LogP contribution in [0.4, 0.5) is 5.69 Å². The van der Waals surface area contributed by atoms with E-state index < -0.39 is 5.97 Å². The maximum atomic E-state index is 11.7. The monoisotopic (exact) mass is 298 g/mol. The van der Waals surface area contributed by atoms with E-state index in [4.69, 9.17) is 10.5 Å². The van der Waals surface area contributed by atoms with Crippen LogP contribution in [0.25, 0.3) is 0 Å². The van der Waals surface area contributed by atoms with Gasteiger partial charge in [-0.1, -0.05) is 12.1 Å². The number of aromatic nitrogens is 1. The summed E-state index contributed by atoms with van der Waals surface area (Å²) < 4.78 is 9.70. The molecular weight excluding hydrogens is 292 g/mol. The lowest BCUT2D eigenvalue weighted by molar-refractivity contribution is 0.0739. The maximum Gasteiger partial charge on any atom is 0.357 e. The Labute approximate surface area is 104 Å². The number of carbonyl (C=O) groups is 1. The van der Waals surface area contributed by atoms with Gasteiger partial charge in [-0.25, -0.2) is 4.79 Å². The van der Waals surface area contributed by atoms with Gasteiger partial charge in [0.2, 0.25) is 0 Å². The first-order valence-electron chi connectivity index (χ1n) is 4.35. The first-order chi connectivity index (χ1) is 7.68. The van der Waals surface area contributed by atoms with Crippen LogP contribution in [-0.4, -0.2) is 10.3 Å². The van der Waals surface area contributed by atoms with Gasteiger partial charge < -0.3 is 10.5 Å². The van der Waals surface area contributed by atoms with Crippen LogP contribution in [0.5, 0.6) is 5.75 Å². The molecule has 0 aliphatic carbocycles. The average Bonchev–Trinajstić information content (AvgIpc) is 2.68. The van der Waals surface area contributed by atoms with Crippen molar-refractivity contribution in [2.45, 2.75) is 0 Å². The Morgan fingerprint density at radius 3 is 2.81 bits per heavy atom. The number of benzene rings is 1. The van der Waals surface area contributed by atoms with Crippen molar-refractivity contribution in [3.8, 4) is 5.75 Å². The van der Waals surface area contributed by atoms with Gasteiger partial charge in [0.05, 0.1) is 16.4 Å². The number of carbonyl (C=O) groups excluding carboxylic acids is 1. The molecule has 6 heteroatoms. The minimum atomic E-state index is -0.494. The lowest BCUT2D eigenvalue weighted by Gasteiger charge is -2.04. The van der Waals surface area contributed by atoms with Crippen molar-refractivity contribution in [1.29, 1.82) is 0 Å². The molecule has 4 nitrogen and oxygen atoms in total. The van der Waals surface area contributed by atoms with Crippen molar-refractivity contribution in [1.82, 2.24) is 4.37 Å². The second-order valence-electron chi connectivity index (χ2n) is 2.93. The van der Waals surface area contributed by atoms with Gasteiger partial charge in [-0.15, -0.1) is 0 Å². The number of hydrogen-bond acceptors (Lipinski definition) is 5. The summed E-state index contributed by atoms with van der Waals surface area (Å²) in [7, 11) is 0. The summed E-state index contributed by atoms with van der Waals surface area (Å²) in [5.41, 5.74) is 5.90. The third-order valence-corrected chi connectivity index (χ3v) is 3.27.